The fourth-order valence-corrected chi connectivity index (χ4v) is 4.05. The number of hydrogen-bond donors (Lipinski definition) is 0. The first-order valence-corrected chi connectivity index (χ1v) is 10.5. The van der Waals surface area contributed by atoms with Gasteiger partial charge in [0.2, 0.25) is 11.7 Å². The molecule has 9 nitrogen and oxygen atoms in total. The lowest BCUT2D eigenvalue weighted by Gasteiger charge is -2.19. The van der Waals surface area contributed by atoms with Crippen molar-refractivity contribution in [1.82, 2.24) is 15.1 Å². The summed E-state index contributed by atoms with van der Waals surface area (Å²) >= 11 is 6.19. The van der Waals surface area contributed by atoms with Gasteiger partial charge < -0.3 is 4.52 Å². The molecule has 1 saturated heterocycles. The highest BCUT2D eigenvalue weighted by Crippen LogP contribution is 2.33. The van der Waals surface area contributed by atoms with Crippen molar-refractivity contribution in [3.8, 4) is 11.4 Å². The Morgan fingerprint density at radius 2 is 1.81 bits per heavy atom. The Kier molecular flexibility index (Phi) is 4.97. The second kappa shape index (κ2) is 7.83. The van der Waals surface area contributed by atoms with E-state index in [-0.39, 0.29) is 18.3 Å². The average molecular weight is 451 g/mol. The summed E-state index contributed by atoms with van der Waals surface area (Å²) in [5.41, 5.74) is 2.28. The molecule has 0 aliphatic carbocycles. The number of rotatable bonds is 5. The van der Waals surface area contributed by atoms with E-state index in [1.165, 1.54) is 9.91 Å². The van der Waals surface area contributed by atoms with E-state index < -0.39 is 18.0 Å². The lowest BCUT2D eigenvalue weighted by atomic mass is 10.0. The van der Waals surface area contributed by atoms with Crippen LogP contribution in [0.5, 0.6) is 0 Å². The van der Waals surface area contributed by atoms with Gasteiger partial charge in [-0.05, 0) is 35.7 Å². The van der Waals surface area contributed by atoms with Gasteiger partial charge in [-0.1, -0.05) is 60.1 Å². The first-order chi connectivity index (χ1) is 15.4. The van der Waals surface area contributed by atoms with Gasteiger partial charge in [-0.15, -0.1) is 0 Å². The second-order valence-electron chi connectivity index (χ2n) is 7.94. The van der Waals surface area contributed by atoms with Gasteiger partial charge in [0, 0.05) is 5.56 Å². The predicted molar refractivity (Wildman–Crippen MR) is 116 cm³/mol. The van der Waals surface area contributed by atoms with Crippen LogP contribution in [0.4, 0.5) is 5.69 Å². The molecule has 2 atom stereocenters. The third-order valence-corrected chi connectivity index (χ3v) is 5.89. The molecular weight excluding hydrogens is 432 g/mol. The third-order valence-electron chi connectivity index (χ3n) is 5.56. The molecule has 1 aromatic heterocycles. The number of benzene rings is 2. The van der Waals surface area contributed by atoms with Crippen molar-refractivity contribution >= 4 is 29.1 Å². The van der Waals surface area contributed by atoms with Crippen LogP contribution in [-0.2, 0) is 16.1 Å². The average Bonchev–Trinajstić information content (AvgIpc) is 3.47. The van der Waals surface area contributed by atoms with E-state index in [2.05, 4.69) is 34.3 Å². The van der Waals surface area contributed by atoms with Crippen molar-refractivity contribution in [3.05, 3.63) is 65.0 Å². The van der Waals surface area contributed by atoms with Gasteiger partial charge in [-0.25, -0.2) is 4.90 Å². The second-order valence-corrected chi connectivity index (χ2v) is 8.35. The van der Waals surface area contributed by atoms with E-state index in [4.69, 9.17) is 16.1 Å². The molecule has 2 amide bonds. The van der Waals surface area contributed by atoms with Crippen LogP contribution in [0.15, 0.2) is 63.4 Å². The summed E-state index contributed by atoms with van der Waals surface area (Å²) in [4.78, 5) is 31.6. The maximum absolute atomic E-state index is 13.1. The molecule has 0 bridgehead atoms. The number of aromatic nitrogens is 2. The largest absolute Gasteiger partial charge is 0.337 e. The Morgan fingerprint density at radius 3 is 2.53 bits per heavy atom. The molecule has 0 saturated carbocycles. The first kappa shape index (κ1) is 20.3. The lowest BCUT2D eigenvalue weighted by Crippen LogP contribution is -2.39. The number of fused-ring (bicyclic) bond motifs is 1. The zero-order valence-corrected chi connectivity index (χ0v) is 18.1. The van der Waals surface area contributed by atoms with Crippen LogP contribution < -0.4 is 4.90 Å². The Morgan fingerprint density at radius 1 is 1.06 bits per heavy atom. The van der Waals surface area contributed by atoms with Crippen LogP contribution in [0, 0.1) is 0 Å². The van der Waals surface area contributed by atoms with Crippen molar-refractivity contribution in [2.75, 3.05) is 4.90 Å². The molecule has 2 aromatic carbocycles. The van der Waals surface area contributed by atoms with E-state index in [1.807, 2.05) is 24.3 Å². The van der Waals surface area contributed by atoms with Gasteiger partial charge in [0.1, 0.15) is 6.54 Å². The Hall–Kier alpha value is -3.59. The Balaban J connectivity index is 1.35. The van der Waals surface area contributed by atoms with Gasteiger partial charge in [0.15, 0.2) is 12.1 Å². The molecule has 0 spiro atoms. The van der Waals surface area contributed by atoms with Crippen molar-refractivity contribution < 1.29 is 14.1 Å². The molecule has 3 aromatic rings. The van der Waals surface area contributed by atoms with Crippen LogP contribution in [0.1, 0.15) is 31.2 Å². The number of anilines is 1. The van der Waals surface area contributed by atoms with Crippen LogP contribution in [0.3, 0.4) is 0 Å². The van der Waals surface area contributed by atoms with Crippen LogP contribution >= 0.6 is 11.6 Å². The molecule has 5 rings (SSSR count). The van der Waals surface area contributed by atoms with Crippen molar-refractivity contribution in [2.24, 2.45) is 10.3 Å². The van der Waals surface area contributed by atoms with Crippen LogP contribution in [0.25, 0.3) is 11.4 Å². The standard InChI is InChI=1S/C22H19ClN6O3/c1-12(2)13-7-9-14(10-8-13)29-21(30)18-19(22(29)31)28(27-25-18)11-17-24-20(26-32-17)15-5-3-4-6-16(15)23/h3-10,12,18-19H,11H2,1-2H3/t18-,19+/m0/s1. The zero-order chi connectivity index (χ0) is 22.4. The summed E-state index contributed by atoms with van der Waals surface area (Å²) in [7, 11) is 0. The van der Waals surface area contributed by atoms with Gasteiger partial charge in [-0.3, -0.25) is 14.6 Å². The third kappa shape index (κ3) is 3.34. The maximum Gasteiger partial charge on any atom is 0.263 e. The molecule has 10 heteroatoms. The minimum atomic E-state index is -0.891. The molecule has 162 valence electrons. The summed E-state index contributed by atoms with van der Waals surface area (Å²) in [6.45, 7) is 4.21. The summed E-state index contributed by atoms with van der Waals surface area (Å²) < 4.78 is 5.32. The lowest BCUT2D eigenvalue weighted by molar-refractivity contribution is -0.123. The monoisotopic (exact) mass is 450 g/mol. The summed E-state index contributed by atoms with van der Waals surface area (Å²) in [5.74, 6) is 0.139. The number of carbonyl (C=O) groups excluding carboxylic acids is 2. The number of imide groups is 1. The quantitative estimate of drug-likeness (QED) is 0.544. The number of nitrogens with zero attached hydrogens (tertiary/aromatic N) is 6. The Bertz CT molecular complexity index is 1220. The van der Waals surface area contributed by atoms with Gasteiger partial charge in [0.25, 0.3) is 11.8 Å². The fraction of sp³-hybridized carbons (Fsp3) is 0.273. The first-order valence-electron chi connectivity index (χ1n) is 10.2. The van der Waals surface area contributed by atoms with E-state index in [0.717, 1.165) is 5.56 Å². The summed E-state index contributed by atoms with van der Waals surface area (Å²) in [6.07, 6.45) is 0. The molecule has 3 heterocycles. The molecule has 32 heavy (non-hydrogen) atoms. The van der Waals surface area contributed by atoms with Gasteiger partial charge >= 0.3 is 0 Å². The minimum Gasteiger partial charge on any atom is -0.337 e. The summed E-state index contributed by atoms with van der Waals surface area (Å²) in [6, 6.07) is 12.8. The van der Waals surface area contributed by atoms with E-state index in [0.29, 0.717) is 28.0 Å². The number of halogens is 1. The number of carbonyl (C=O) groups is 2. The fourth-order valence-electron chi connectivity index (χ4n) is 3.83. The molecule has 0 radical (unpaired) electrons. The van der Waals surface area contributed by atoms with Crippen molar-refractivity contribution in [3.63, 3.8) is 0 Å². The van der Waals surface area contributed by atoms with E-state index >= 15 is 0 Å². The molecule has 2 aliphatic rings. The summed E-state index contributed by atoms with van der Waals surface area (Å²) in [5, 5.41) is 13.9. The molecular formula is C22H19ClN6O3. The molecule has 0 N–H and O–H groups in total. The highest BCUT2D eigenvalue weighted by atomic mass is 35.5. The highest BCUT2D eigenvalue weighted by Gasteiger charge is 2.55. The molecule has 2 aliphatic heterocycles. The maximum atomic E-state index is 13.1. The van der Waals surface area contributed by atoms with Crippen molar-refractivity contribution in [1.29, 1.82) is 0 Å². The van der Waals surface area contributed by atoms with Crippen LogP contribution in [0.2, 0.25) is 5.02 Å². The zero-order valence-electron chi connectivity index (χ0n) is 17.3. The smallest absolute Gasteiger partial charge is 0.263 e. The predicted octanol–water partition coefficient (Wildman–Crippen LogP) is 4.01. The highest BCUT2D eigenvalue weighted by molar-refractivity contribution is 6.33. The SMILES string of the molecule is CC(C)c1ccc(N2C(=O)[C@H]3N=NN(Cc4nc(-c5ccccc5Cl)no4)[C@H]3C2=O)cc1. The minimum absolute atomic E-state index is 0.0429. The van der Waals surface area contributed by atoms with Crippen LogP contribution in [-0.4, -0.2) is 39.0 Å². The van der Waals surface area contributed by atoms with Crippen molar-refractivity contribution in [2.45, 2.75) is 38.4 Å². The van der Waals surface area contributed by atoms with E-state index in [1.54, 1.807) is 24.3 Å². The topological polar surface area (TPSA) is 104 Å². The number of hydrogen-bond acceptors (Lipinski definition) is 8. The molecule has 0 unspecified atom stereocenters. The number of amides is 2. The van der Waals surface area contributed by atoms with E-state index in [9.17, 15) is 9.59 Å². The van der Waals surface area contributed by atoms with Gasteiger partial charge in [-0.2, -0.15) is 10.1 Å². The molecule has 1 fully saturated rings. The van der Waals surface area contributed by atoms with Gasteiger partial charge in [0.05, 0.1) is 10.7 Å². The Labute approximate surface area is 188 Å². The normalized spacial score (nSPS) is 20.0.